The van der Waals surface area contributed by atoms with Gasteiger partial charge in [-0.15, -0.1) is 0 Å². The zero-order valence-corrected chi connectivity index (χ0v) is 10.5. The van der Waals surface area contributed by atoms with Gasteiger partial charge >= 0.3 is 12.1 Å². The van der Waals surface area contributed by atoms with Gasteiger partial charge in [-0.1, -0.05) is 30.3 Å². The molecule has 0 aliphatic rings. The maximum Gasteiger partial charge on any atom is 0.389 e. The van der Waals surface area contributed by atoms with Crippen LogP contribution in [-0.2, 0) is 9.59 Å². The Balaban J connectivity index is 2.52. The molecule has 0 heterocycles. The molecule has 0 radical (unpaired) electrons. The number of nitrogens with one attached hydrogen (secondary N) is 1. The maximum atomic E-state index is 11.9. The highest BCUT2D eigenvalue weighted by molar-refractivity contribution is 5.79. The highest BCUT2D eigenvalue weighted by Crippen LogP contribution is 2.21. The number of alkyl halides is 3. The fraction of sp³-hybridized carbons (Fsp3) is 0.385. The molecule has 7 heteroatoms. The average molecular weight is 289 g/mol. The van der Waals surface area contributed by atoms with Crippen molar-refractivity contribution in [2.45, 2.75) is 24.9 Å². The third kappa shape index (κ3) is 5.73. The number of carbonyl (C=O) groups is 2. The van der Waals surface area contributed by atoms with Crippen LogP contribution in [0.3, 0.4) is 0 Å². The van der Waals surface area contributed by atoms with Crippen molar-refractivity contribution in [3.8, 4) is 0 Å². The van der Waals surface area contributed by atoms with Gasteiger partial charge in [-0.25, -0.2) is 0 Å². The van der Waals surface area contributed by atoms with Crippen LogP contribution in [0.15, 0.2) is 30.3 Å². The fourth-order valence-electron chi connectivity index (χ4n) is 1.59. The molecule has 0 fully saturated rings. The molecule has 1 aromatic rings. The van der Waals surface area contributed by atoms with Gasteiger partial charge in [0, 0.05) is 13.0 Å². The highest BCUT2D eigenvalue weighted by atomic mass is 19.4. The molecule has 0 saturated carbocycles. The molecule has 0 aromatic heterocycles. The first-order chi connectivity index (χ1) is 9.29. The molecule has 1 unspecified atom stereocenters. The van der Waals surface area contributed by atoms with Crippen LogP contribution in [0.25, 0.3) is 0 Å². The Labute approximate surface area is 113 Å². The molecule has 0 saturated heterocycles. The van der Waals surface area contributed by atoms with Gasteiger partial charge in [-0.3, -0.25) is 9.59 Å². The topological polar surface area (TPSA) is 66.4 Å². The largest absolute Gasteiger partial charge is 0.481 e. The number of carbonyl (C=O) groups excluding carboxylic acids is 1. The monoisotopic (exact) mass is 289 g/mol. The fourth-order valence-corrected chi connectivity index (χ4v) is 1.59. The summed E-state index contributed by atoms with van der Waals surface area (Å²) in [5.74, 6) is -2.94. The smallest absolute Gasteiger partial charge is 0.389 e. The van der Waals surface area contributed by atoms with Crippen molar-refractivity contribution in [1.82, 2.24) is 5.32 Å². The Kier molecular flexibility index (Phi) is 5.54. The number of amides is 1. The van der Waals surface area contributed by atoms with Gasteiger partial charge in [0.1, 0.15) is 0 Å². The van der Waals surface area contributed by atoms with Crippen LogP contribution < -0.4 is 5.32 Å². The molecule has 0 spiro atoms. The van der Waals surface area contributed by atoms with Crippen LogP contribution in [0.5, 0.6) is 0 Å². The van der Waals surface area contributed by atoms with Gasteiger partial charge in [0.15, 0.2) is 0 Å². The van der Waals surface area contributed by atoms with E-state index < -0.39 is 36.8 Å². The number of carboxylic acid groups (broad SMARTS) is 1. The summed E-state index contributed by atoms with van der Waals surface area (Å²) in [6.45, 7) is -0.240. The Morgan fingerprint density at radius 1 is 1.20 bits per heavy atom. The van der Waals surface area contributed by atoms with Crippen LogP contribution in [0.4, 0.5) is 13.2 Å². The van der Waals surface area contributed by atoms with E-state index in [0.29, 0.717) is 5.56 Å². The second kappa shape index (κ2) is 6.93. The lowest BCUT2D eigenvalue weighted by molar-refractivity contribution is -0.144. The molecular formula is C13H14F3NO3. The summed E-state index contributed by atoms with van der Waals surface area (Å²) in [7, 11) is 0. The third-order valence-electron chi connectivity index (χ3n) is 2.64. The van der Waals surface area contributed by atoms with Crippen LogP contribution in [0.2, 0.25) is 0 Å². The second-order valence-electron chi connectivity index (χ2n) is 4.22. The summed E-state index contributed by atoms with van der Waals surface area (Å²) < 4.78 is 35.8. The SMILES string of the molecule is O=C(CCC(F)(F)F)NCC(C(=O)O)c1ccccc1. The Hall–Kier alpha value is -2.05. The summed E-state index contributed by atoms with van der Waals surface area (Å²) >= 11 is 0. The number of hydrogen-bond acceptors (Lipinski definition) is 2. The van der Waals surface area contributed by atoms with Crippen molar-refractivity contribution in [3.05, 3.63) is 35.9 Å². The summed E-state index contributed by atoms with van der Waals surface area (Å²) in [5, 5.41) is 11.3. The van der Waals surface area contributed by atoms with E-state index in [9.17, 15) is 22.8 Å². The quantitative estimate of drug-likeness (QED) is 0.844. The van der Waals surface area contributed by atoms with Crippen LogP contribution in [0.1, 0.15) is 24.3 Å². The molecule has 0 bridgehead atoms. The van der Waals surface area contributed by atoms with E-state index in [0.717, 1.165) is 0 Å². The average Bonchev–Trinajstić information content (AvgIpc) is 2.36. The minimum absolute atomic E-state index is 0.240. The first kappa shape index (κ1) is 16.0. The van der Waals surface area contributed by atoms with E-state index >= 15 is 0 Å². The van der Waals surface area contributed by atoms with Gasteiger partial charge in [0.25, 0.3) is 0 Å². The van der Waals surface area contributed by atoms with Gasteiger partial charge in [-0.05, 0) is 5.56 Å². The van der Waals surface area contributed by atoms with Crippen LogP contribution >= 0.6 is 0 Å². The number of hydrogen-bond donors (Lipinski definition) is 2. The van der Waals surface area contributed by atoms with E-state index in [1.807, 2.05) is 0 Å². The number of halogens is 3. The summed E-state index contributed by atoms with van der Waals surface area (Å²) in [4.78, 5) is 22.3. The lowest BCUT2D eigenvalue weighted by Crippen LogP contribution is -2.32. The molecule has 4 nitrogen and oxygen atoms in total. The Morgan fingerprint density at radius 2 is 1.80 bits per heavy atom. The van der Waals surface area contributed by atoms with E-state index in [-0.39, 0.29) is 6.54 Å². The van der Waals surface area contributed by atoms with Gasteiger partial charge < -0.3 is 10.4 Å². The second-order valence-corrected chi connectivity index (χ2v) is 4.22. The molecule has 1 atom stereocenters. The van der Waals surface area contributed by atoms with Crippen molar-refractivity contribution in [2.75, 3.05) is 6.54 Å². The molecule has 2 N–H and O–H groups in total. The lowest BCUT2D eigenvalue weighted by atomic mass is 9.99. The van der Waals surface area contributed by atoms with Gasteiger partial charge in [-0.2, -0.15) is 13.2 Å². The number of benzene rings is 1. The molecule has 1 amide bonds. The predicted octanol–water partition coefficient (Wildman–Crippen LogP) is 2.31. The van der Waals surface area contributed by atoms with Crippen molar-refractivity contribution < 1.29 is 27.9 Å². The predicted molar refractivity (Wildman–Crippen MR) is 65.1 cm³/mol. The normalized spacial score (nSPS) is 12.8. The molecular weight excluding hydrogens is 275 g/mol. The maximum absolute atomic E-state index is 11.9. The van der Waals surface area contributed by atoms with Crippen molar-refractivity contribution in [1.29, 1.82) is 0 Å². The molecule has 0 aliphatic carbocycles. The Bertz CT molecular complexity index is 460. The van der Waals surface area contributed by atoms with E-state index in [4.69, 9.17) is 5.11 Å². The van der Waals surface area contributed by atoms with Gasteiger partial charge in [0.05, 0.1) is 12.3 Å². The van der Waals surface area contributed by atoms with E-state index in [1.165, 1.54) is 0 Å². The zero-order chi connectivity index (χ0) is 15.2. The summed E-state index contributed by atoms with van der Waals surface area (Å²) in [6, 6.07) is 8.18. The van der Waals surface area contributed by atoms with Gasteiger partial charge in [0.2, 0.25) is 5.91 Å². The first-order valence-electron chi connectivity index (χ1n) is 5.91. The number of carboxylic acids is 1. The minimum atomic E-state index is -4.40. The minimum Gasteiger partial charge on any atom is -0.481 e. The van der Waals surface area contributed by atoms with Crippen LogP contribution in [-0.4, -0.2) is 29.7 Å². The number of aliphatic carboxylic acids is 1. The van der Waals surface area contributed by atoms with Crippen molar-refractivity contribution in [2.24, 2.45) is 0 Å². The molecule has 110 valence electrons. The van der Waals surface area contributed by atoms with Crippen LogP contribution in [0, 0.1) is 0 Å². The molecule has 1 rings (SSSR count). The molecule has 0 aliphatic heterocycles. The highest BCUT2D eigenvalue weighted by Gasteiger charge is 2.28. The standard InChI is InChI=1S/C13H14F3NO3/c14-13(15,16)7-6-11(18)17-8-10(12(19)20)9-4-2-1-3-5-9/h1-5,10H,6-8H2,(H,17,18)(H,19,20). The molecule has 1 aromatic carbocycles. The summed E-state index contributed by atoms with van der Waals surface area (Å²) in [5.41, 5.74) is 0.483. The Morgan fingerprint density at radius 3 is 2.30 bits per heavy atom. The lowest BCUT2D eigenvalue weighted by Gasteiger charge is -2.14. The van der Waals surface area contributed by atoms with E-state index in [1.54, 1.807) is 30.3 Å². The van der Waals surface area contributed by atoms with E-state index in [2.05, 4.69) is 5.32 Å². The summed E-state index contributed by atoms with van der Waals surface area (Å²) in [6.07, 6.45) is -6.32. The van der Waals surface area contributed by atoms with Crippen molar-refractivity contribution >= 4 is 11.9 Å². The third-order valence-corrected chi connectivity index (χ3v) is 2.64. The first-order valence-corrected chi connectivity index (χ1v) is 5.91. The molecule has 20 heavy (non-hydrogen) atoms. The number of rotatable bonds is 6. The zero-order valence-electron chi connectivity index (χ0n) is 10.5. The van der Waals surface area contributed by atoms with Crippen molar-refractivity contribution in [3.63, 3.8) is 0 Å².